The highest BCUT2D eigenvalue weighted by Gasteiger charge is 2.44. The lowest BCUT2D eigenvalue weighted by Gasteiger charge is -2.48. The Bertz CT molecular complexity index is 729. The second-order valence-electron chi connectivity index (χ2n) is 7.90. The van der Waals surface area contributed by atoms with Crippen molar-refractivity contribution in [2.24, 2.45) is 11.7 Å². The molecule has 148 valence electrons. The van der Waals surface area contributed by atoms with Gasteiger partial charge in [-0.05, 0) is 36.1 Å². The van der Waals surface area contributed by atoms with E-state index in [-0.39, 0.29) is 30.0 Å². The van der Waals surface area contributed by atoms with Gasteiger partial charge in [0.1, 0.15) is 0 Å². The van der Waals surface area contributed by atoms with Gasteiger partial charge in [-0.3, -0.25) is 14.1 Å². The van der Waals surface area contributed by atoms with Gasteiger partial charge in [-0.15, -0.1) is 0 Å². The van der Waals surface area contributed by atoms with E-state index in [9.17, 15) is 9.18 Å². The molecule has 6 nitrogen and oxygen atoms in total. The van der Waals surface area contributed by atoms with Crippen LogP contribution < -0.4 is 15.2 Å². The molecular weight excluding hydrogens is 349 g/mol. The average molecular weight is 377 g/mol. The van der Waals surface area contributed by atoms with Crippen molar-refractivity contribution in [3.8, 4) is 11.5 Å². The van der Waals surface area contributed by atoms with Crippen LogP contribution in [0.25, 0.3) is 0 Å². The number of hydrogen-bond acceptors (Lipinski definition) is 5. The molecule has 1 aromatic carbocycles. The molecule has 4 unspecified atom stereocenters. The van der Waals surface area contributed by atoms with Crippen molar-refractivity contribution < 1.29 is 18.7 Å². The molecule has 2 N–H and O–H groups in total. The monoisotopic (exact) mass is 377 g/mol. The van der Waals surface area contributed by atoms with Crippen molar-refractivity contribution in [1.29, 1.82) is 0 Å². The van der Waals surface area contributed by atoms with E-state index in [2.05, 4.69) is 17.0 Å². The minimum Gasteiger partial charge on any atom is -0.493 e. The molecule has 1 aromatic rings. The van der Waals surface area contributed by atoms with E-state index in [0.717, 1.165) is 37.4 Å². The van der Waals surface area contributed by atoms with Crippen LogP contribution in [0.5, 0.6) is 11.5 Å². The number of carbonyl (C=O) groups is 1. The second-order valence-corrected chi connectivity index (χ2v) is 7.90. The van der Waals surface area contributed by atoms with Crippen LogP contribution in [0, 0.1) is 5.92 Å². The van der Waals surface area contributed by atoms with Gasteiger partial charge in [0.2, 0.25) is 5.91 Å². The first-order chi connectivity index (χ1) is 13.0. The number of hydrogen-bond donors (Lipinski definition) is 1. The Hall–Kier alpha value is -1.86. The van der Waals surface area contributed by atoms with Gasteiger partial charge in [-0.1, -0.05) is 0 Å². The summed E-state index contributed by atoms with van der Waals surface area (Å²) >= 11 is 0. The Morgan fingerprint density at radius 1 is 1.22 bits per heavy atom. The maximum absolute atomic E-state index is 13.0. The van der Waals surface area contributed by atoms with Gasteiger partial charge in [0, 0.05) is 44.1 Å². The van der Waals surface area contributed by atoms with E-state index in [4.69, 9.17) is 15.2 Å². The molecule has 0 bridgehead atoms. The van der Waals surface area contributed by atoms with Crippen LogP contribution in [0.4, 0.5) is 4.39 Å². The lowest BCUT2D eigenvalue weighted by Crippen LogP contribution is -2.60. The van der Waals surface area contributed by atoms with Crippen molar-refractivity contribution in [1.82, 2.24) is 9.80 Å². The highest BCUT2D eigenvalue weighted by molar-refractivity contribution is 5.79. The van der Waals surface area contributed by atoms with Crippen LogP contribution in [0.15, 0.2) is 12.1 Å². The number of methoxy groups -OCH3 is 2. The SMILES string of the molecule is COc1cc2c(cc1OC)C1CC(N)C(N3CC(CF)CC3=O)CN1CC2. The van der Waals surface area contributed by atoms with Gasteiger partial charge >= 0.3 is 0 Å². The predicted molar refractivity (Wildman–Crippen MR) is 99.7 cm³/mol. The van der Waals surface area contributed by atoms with Gasteiger partial charge in [-0.2, -0.15) is 0 Å². The maximum atomic E-state index is 13.0. The van der Waals surface area contributed by atoms with Crippen molar-refractivity contribution in [3.05, 3.63) is 23.3 Å². The topological polar surface area (TPSA) is 68.0 Å². The zero-order valence-corrected chi connectivity index (χ0v) is 16.0. The number of alkyl halides is 1. The maximum Gasteiger partial charge on any atom is 0.223 e. The number of ether oxygens (including phenoxy) is 2. The summed E-state index contributed by atoms with van der Waals surface area (Å²) in [5, 5.41) is 0. The Kier molecular flexibility index (Phi) is 4.99. The third-order valence-corrected chi connectivity index (χ3v) is 6.38. The van der Waals surface area contributed by atoms with Crippen LogP contribution >= 0.6 is 0 Å². The van der Waals surface area contributed by atoms with E-state index in [0.29, 0.717) is 13.0 Å². The number of piperidine rings is 1. The molecule has 0 radical (unpaired) electrons. The number of rotatable bonds is 4. The highest BCUT2D eigenvalue weighted by atomic mass is 19.1. The molecule has 27 heavy (non-hydrogen) atoms. The molecule has 4 atom stereocenters. The number of amides is 1. The number of carbonyl (C=O) groups excluding carboxylic acids is 1. The van der Waals surface area contributed by atoms with Gasteiger partial charge in [0.25, 0.3) is 0 Å². The standard InChI is InChI=1S/C20H28FN3O3/c1-26-18-6-13-3-4-23-11-17(24-10-12(9-21)5-20(24)25)15(22)8-16(23)14(13)7-19(18)27-2/h6-7,12,15-17H,3-5,8-11,22H2,1-2H3. The van der Waals surface area contributed by atoms with E-state index in [1.54, 1.807) is 14.2 Å². The summed E-state index contributed by atoms with van der Waals surface area (Å²) in [5.74, 6) is 1.35. The first-order valence-corrected chi connectivity index (χ1v) is 9.65. The smallest absolute Gasteiger partial charge is 0.223 e. The Morgan fingerprint density at radius 3 is 2.63 bits per heavy atom. The van der Waals surface area contributed by atoms with Crippen LogP contribution in [0.1, 0.15) is 30.0 Å². The van der Waals surface area contributed by atoms with Gasteiger partial charge in [0.15, 0.2) is 11.5 Å². The molecule has 3 aliphatic heterocycles. The van der Waals surface area contributed by atoms with Crippen molar-refractivity contribution in [3.63, 3.8) is 0 Å². The third-order valence-electron chi connectivity index (χ3n) is 6.38. The van der Waals surface area contributed by atoms with Crippen LogP contribution in [-0.2, 0) is 11.2 Å². The molecule has 4 rings (SSSR count). The Labute approximate surface area is 159 Å². The fourth-order valence-electron chi connectivity index (χ4n) is 4.93. The Balaban J connectivity index is 1.57. The zero-order valence-electron chi connectivity index (χ0n) is 16.0. The van der Waals surface area contributed by atoms with Crippen LogP contribution in [0.3, 0.4) is 0 Å². The van der Waals surface area contributed by atoms with Gasteiger partial charge in [-0.25, -0.2) is 0 Å². The summed E-state index contributed by atoms with van der Waals surface area (Å²) in [6.45, 7) is 1.72. The summed E-state index contributed by atoms with van der Waals surface area (Å²) in [4.78, 5) is 16.6. The van der Waals surface area contributed by atoms with Crippen LogP contribution in [-0.4, -0.2) is 68.3 Å². The molecule has 2 saturated heterocycles. The fourth-order valence-corrected chi connectivity index (χ4v) is 4.93. The molecule has 7 heteroatoms. The van der Waals surface area contributed by atoms with Crippen LogP contribution in [0.2, 0.25) is 0 Å². The third kappa shape index (κ3) is 3.17. The average Bonchev–Trinajstić information content (AvgIpc) is 3.06. The molecule has 3 aliphatic rings. The lowest BCUT2D eigenvalue weighted by molar-refractivity contribution is -0.131. The zero-order chi connectivity index (χ0) is 19.1. The number of likely N-dealkylation sites (tertiary alicyclic amines) is 1. The fraction of sp³-hybridized carbons (Fsp3) is 0.650. The van der Waals surface area contributed by atoms with Crippen molar-refractivity contribution in [2.75, 3.05) is 40.5 Å². The van der Waals surface area contributed by atoms with E-state index in [1.165, 1.54) is 11.1 Å². The number of benzene rings is 1. The number of nitrogens with two attached hydrogens (primary N) is 1. The number of nitrogens with zero attached hydrogens (tertiary/aromatic N) is 2. The van der Waals surface area contributed by atoms with E-state index in [1.807, 2.05) is 4.90 Å². The van der Waals surface area contributed by atoms with Gasteiger partial charge in [0.05, 0.1) is 26.9 Å². The summed E-state index contributed by atoms with van der Waals surface area (Å²) in [7, 11) is 3.30. The highest BCUT2D eigenvalue weighted by Crippen LogP contribution is 2.42. The predicted octanol–water partition coefficient (Wildman–Crippen LogP) is 1.52. The number of fused-ring (bicyclic) bond motifs is 3. The minimum atomic E-state index is -0.439. The molecule has 1 amide bonds. The summed E-state index contributed by atoms with van der Waals surface area (Å²) < 4.78 is 24.0. The van der Waals surface area contributed by atoms with Crippen molar-refractivity contribution >= 4 is 5.91 Å². The minimum absolute atomic E-state index is 0.0352. The van der Waals surface area contributed by atoms with E-state index >= 15 is 0 Å². The van der Waals surface area contributed by atoms with E-state index < -0.39 is 6.67 Å². The molecule has 2 fully saturated rings. The second kappa shape index (κ2) is 7.28. The van der Waals surface area contributed by atoms with Crippen molar-refractivity contribution in [2.45, 2.75) is 37.4 Å². The first kappa shape index (κ1) is 18.5. The summed E-state index contributed by atoms with van der Waals surface area (Å²) in [6.07, 6.45) is 2.01. The lowest BCUT2D eigenvalue weighted by atomic mass is 9.83. The Morgan fingerprint density at radius 2 is 1.96 bits per heavy atom. The molecule has 0 spiro atoms. The molecule has 0 aromatic heterocycles. The number of halogens is 1. The summed E-state index contributed by atoms with van der Waals surface area (Å²) in [6, 6.07) is 4.20. The summed E-state index contributed by atoms with van der Waals surface area (Å²) in [5.41, 5.74) is 9.04. The first-order valence-electron chi connectivity index (χ1n) is 9.65. The van der Waals surface area contributed by atoms with Gasteiger partial charge < -0.3 is 20.1 Å². The largest absolute Gasteiger partial charge is 0.493 e. The molecule has 0 aliphatic carbocycles. The molecular formula is C20H28FN3O3. The molecule has 3 heterocycles. The quantitative estimate of drug-likeness (QED) is 0.862. The molecule has 0 saturated carbocycles. The normalized spacial score (nSPS) is 30.8.